The van der Waals surface area contributed by atoms with Crippen LogP contribution in [0.25, 0.3) is 0 Å². The van der Waals surface area contributed by atoms with Gasteiger partial charge in [-0.05, 0) is 38.1 Å². The second-order valence-corrected chi connectivity index (χ2v) is 6.17. The second-order valence-electron chi connectivity index (χ2n) is 6.17. The highest BCUT2D eigenvalue weighted by molar-refractivity contribution is 5.95. The summed E-state index contributed by atoms with van der Waals surface area (Å²) < 4.78 is 5.37. The number of carbonyl (C=O) groups is 3. The van der Waals surface area contributed by atoms with Gasteiger partial charge < -0.3 is 25.4 Å². The molecule has 0 aromatic heterocycles. The first-order valence-corrected chi connectivity index (χ1v) is 8.15. The van der Waals surface area contributed by atoms with Crippen LogP contribution in [-0.2, 0) is 9.53 Å². The number of carboxylic acid groups (broad SMARTS) is 1. The third-order valence-electron chi connectivity index (χ3n) is 3.64. The molecule has 0 spiro atoms. The molecule has 1 aliphatic heterocycles. The zero-order valence-corrected chi connectivity index (χ0v) is 14.3. The minimum absolute atomic E-state index is 0.0286. The van der Waals surface area contributed by atoms with Crippen molar-refractivity contribution >= 4 is 23.6 Å². The molecule has 1 unspecified atom stereocenters. The van der Waals surface area contributed by atoms with Crippen LogP contribution in [-0.4, -0.2) is 59.8 Å². The van der Waals surface area contributed by atoms with E-state index in [-0.39, 0.29) is 30.9 Å². The lowest BCUT2D eigenvalue weighted by molar-refractivity contribution is -0.141. The molecule has 1 fully saturated rings. The zero-order valence-electron chi connectivity index (χ0n) is 14.3. The number of hydrogen-bond donors (Lipinski definition) is 3. The van der Waals surface area contributed by atoms with Crippen molar-refractivity contribution < 1.29 is 24.2 Å². The maximum absolute atomic E-state index is 12.5. The average Bonchev–Trinajstić information content (AvgIpc) is 2.53. The van der Waals surface area contributed by atoms with E-state index in [1.54, 1.807) is 29.2 Å². The van der Waals surface area contributed by atoms with Crippen LogP contribution >= 0.6 is 0 Å². The number of morpholine rings is 1. The molecular formula is C17H23N3O5. The van der Waals surface area contributed by atoms with Gasteiger partial charge in [-0.25, -0.2) is 4.79 Å². The molecule has 1 heterocycles. The maximum Gasteiger partial charge on any atom is 0.319 e. The lowest BCUT2D eigenvalue weighted by atomic mass is 10.1. The van der Waals surface area contributed by atoms with E-state index >= 15 is 0 Å². The molecule has 1 aromatic carbocycles. The van der Waals surface area contributed by atoms with Crippen molar-refractivity contribution in [2.24, 2.45) is 0 Å². The predicted octanol–water partition coefficient (Wildman–Crippen LogP) is 1.53. The summed E-state index contributed by atoms with van der Waals surface area (Å²) in [7, 11) is 0. The number of aliphatic carboxylic acids is 1. The van der Waals surface area contributed by atoms with Gasteiger partial charge in [0.15, 0.2) is 0 Å². The molecule has 2 rings (SSSR count). The molecule has 1 atom stereocenters. The Kier molecular flexibility index (Phi) is 6.35. The molecule has 1 aliphatic rings. The van der Waals surface area contributed by atoms with Crippen molar-refractivity contribution in [3.8, 4) is 0 Å². The predicted molar refractivity (Wildman–Crippen MR) is 91.6 cm³/mol. The first-order valence-electron chi connectivity index (χ1n) is 8.15. The van der Waals surface area contributed by atoms with Crippen LogP contribution in [0.1, 0.15) is 30.6 Å². The highest BCUT2D eigenvalue weighted by Gasteiger charge is 2.26. The molecule has 0 saturated carbocycles. The summed E-state index contributed by atoms with van der Waals surface area (Å²) in [5.41, 5.74) is 1.06. The summed E-state index contributed by atoms with van der Waals surface area (Å²) in [5, 5.41) is 14.2. The largest absolute Gasteiger partial charge is 0.481 e. The topological polar surface area (TPSA) is 108 Å². The van der Waals surface area contributed by atoms with Gasteiger partial charge in [0, 0.05) is 30.4 Å². The van der Waals surface area contributed by atoms with Gasteiger partial charge in [0.1, 0.15) is 0 Å². The lowest BCUT2D eigenvalue weighted by Crippen LogP contribution is -2.46. The molecular weight excluding hydrogens is 326 g/mol. The summed E-state index contributed by atoms with van der Waals surface area (Å²) in [6, 6.07) is 6.30. The van der Waals surface area contributed by atoms with Crippen LogP contribution in [0.5, 0.6) is 0 Å². The molecule has 0 aliphatic carbocycles. The van der Waals surface area contributed by atoms with Crippen LogP contribution in [0.4, 0.5) is 10.5 Å². The number of nitrogens with one attached hydrogen (secondary N) is 2. The van der Waals surface area contributed by atoms with Crippen molar-refractivity contribution in [3.63, 3.8) is 0 Å². The van der Waals surface area contributed by atoms with Gasteiger partial charge in [0.2, 0.25) is 0 Å². The van der Waals surface area contributed by atoms with Crippen molar-refractivity contribution in [1.29, 1.82) is 0 Å². The average molecular weight is 349 g/mol. The van der Waals surface area contributed by atoms with Crippen LogP contribution < -0.4 is 10.6 Å². The molecule has 25 heavy (non-hydrogen) atoms. The highest BCUT2D eigenvalue weighted by Crippen LogP contribution is 2.15. The van der Waals surface area contributed by atoms with Gasteiger partial charge >= 0.3 is 12.0 Å². The van der Waals surface area contributed by atoms with Gasteiger partial charge in [-0.3, -0.25) is 9.59 Å². The fourth-order valence-corrected chi connectivity index (χ4v) is 2.53. The third kappa shape index (κ3) is 5.75. The van der Waals surface area contributed by atoms with Gasteiger partial charge in [-0.1, -0.05) is 0 Å². The van der Waals surface area contributed by atoms with E-state index in [9.17, 15) is 14.4 Å². The third-order valence-corrected chi connectivity index (χ3v) is 3.64. The first kappa shape index (κ1) is 18.7. The molecule has 0 bridgehead atoms. The number of urea groups is 1. The molecule has 0 radical (unpaired) electrons. The van der Waals surface area contributed by atoms with Crippen LogP contribution in [0.2, 0.25) is 0 Å². The van der Waals surface area contributed by atoms with E-state index in [1.165, 1.54) is 0 Å². The monoisotopic (exact) mass is 349 g/mol. The van der Waals surface area contributed by atoms with Crippen molar-refractivity contribution in [2.45, 2.75) is 32.4 Å². The number of hydrogen-bond acceptors (Lipinski definition) is 4. The number of ether oxygens (including phenoxy) is 1. The number of nitrogens with zero attached hydrogens (tertiary/aromatic N) is 1. The van der Waals surface area contributed by atoms with E-state index in [0.29, 0.717) is 24.4 Å². The highest BCUT2D eigenvalue weighted by atomic mass is 16.5. The Bertz CT molecular complexity index is 630. The summed E-state index contributed by atoms with van der Waals surface area (Å²) in [6.45, 7) is 4.72. The normalized spacial score (nSPS) is 17.2. The van der Waals surface area contributed by atoms with E-state index < -0.39 is 12.1 Å². The summed E-state index contributed by atoms with van der Waals surface area (Å²) >= 11 is 0. The Morgan fingerprint density at radius 3 is 2.56 bits per heavy atom. The summed E-state index contributed by atoms with van der Waals surface area (Å²) in [5.74, 6) is -1.13. The van der Waals surface area contributed by atoms with Crippen LogP contribution in [0.15, 0.2) is 24.3 Å². The van der Waals surface area contributed by atoms with Gasteiger partial charge in [0.25, 0.3) is 5.91 Å². The molecule has 3 amide bonds. The Hall–Kier alpha value is -2.61. The molecule has 8 nitrogen and oxygen atoms in total. The quantitative estimate of drug-likeness (QED) is 0.747. The Labute approximate surface area is 146 Å². The fraction of sp³-hybridized carbons (Fsp3) is 0.471. The maximum atomic E-state index is 12.5. The standard InChI is InChI=1S/C17H23N3O5/c1-11(2)18-17(24)19-13-5-3-12(4-6-13)16(23)20-7-8-25-14(10-20)9-15(21)22/h3-6,11,14H,7-10H2,1-2H3,(H,21,22)(H2,18,19,24). The Morgan fingerprint density at radius 2 is 1.96 bits per heavy atom. The van der Waals surface area contributed by atoms with Crippen molar-refractivity contribution in [2.75, 3.05) is 25.0 Å². The number of carbonyl (C=O) groups excluding carboxylic acids is 2. The lowest BCUT2D eigenvalue weighted by Gasteiger charge is -2.32. The molecule has 1 saturated heterocycles. The Balaban J connectivity index is 1.95. The zero-order chi connectivity index (χ0) is 18.4. The minimum atomic E-state index is -0.950. The van der Waals surface area contributed by atoms with Gasteiger partial charge in [-0.15, -0.1) is 0 Å². The molecule has 8 heteroatoms. The van der Waals surface area contributed by atoms with Gasteiger partial charge in [-0.2, -0.15) is 0 Å². The number of benzene rings is 1. The second kappa shape index (κ2) is 8.48. The Morgan fingerprint density at radius 1 is 1.28 bits per heavy atom. The van der Waals surface area contributed by atoms with Crippen molar-refractivity contribution in [1.82, 2.24) is 10.2 Å². The van der Waals surface area contributed by atoms with Crippen LogP contribution in [0, 0.1) is 0 Å². The molecule has 3 N–H and O–H groups in total. The van der Waals surface area contributed by atoms with Crippen LogP contribution in [0.3, 0.4) is 0 Å². The first-order chi connectivity index (χ1) is 11.8. The summed E-state index contributed by atoms with van der Waals surface area (Å²) in [6.07, 6.45) is -0.617. The number of amides is 3. The minimum Gasteiger partial charge on any atom is -0.481 e. The van der Waals surface area contributed by atoms with Crippen molar-refractivity contribution in [3.05, 3.63) is 29.8 Å². The number of anilines is 1. The van der Waals surface area contributed by atoms with E-state index in [4.69, 9.17) is 9.84 Å². The molecule has 136 valence electrons. The van der Waals surface area contributed by atoms with E-state index in [0.717, 1.165) is 0 Å². The molecule has 1 aromatic rings. The van der Waals surface area contributed by atoms with E-state index in [2.05, 4.69) is 10.6 Å². The summed E-state index contributed by atoms with van der Waals surface area (Å²) in [4.78, 5) is 36.6. The van der Waals surface area contributed by atoms with Gasteiger partial charge in [0.05, 0.1) is 19.1 Å². The smallest absolute Gasteiger partial charge is 0.319 e. The number of carboxylic acids is 1. The fourth-order valence-electron chi connectivity index (χ4n) is 2.53. The SMILES string of the molecule is CC(C)NC(=O)Nc1ccc(C(=O)N2CCOC(CC(=O)O)C2)cc1. The van der Waals surface area contributed by atoms with E-state index in [1.807, 2.05) is 13.8 Å². The number of rotatable bonds is 5.